The van der Waals surface area contributed by atoms with Crippen LogP contribution in [0.25, 0.3) is 0 Å². The number of aliphatic hydroxyl groups excluding tert-OH is 3. The maximum Gasteiger partial charge on any atom is 0.271 e. The van der Waals surface area contributed by atoms with E-state index < -0.39 is 24.4 Å². The molecule has 6 N–H and O–H groups in total. The summed E-state index contributed by atoms with van der Waals surface area (Å²) in [6.07, 6.45) is -1.40. The molecule has 0 aliphatic carbocycles. The smallest absolute Gasteiger partial charge is 0.271 e. The summed E-state index contributed by atoms with van der Waals surface area (Å²) in [7, 11) is 0. The highest BCUT2D eigenvalue weighted by Gasteiger charge is 2.20. The fourth-order valence-electron chi connectivity index (χ4n) is 1.07. The standard InChI is InChI=1S/C8H12N2O4/c9-6-4(1-2-10-8(6)14)7(13)5(12)3-11/h1-2,5,7,11-13H,3,9H2,(H,10,14)/t5-,7-/m1/s1. The fraction of sp³-hybridized carbons (Fsp3) is 0.375. The van der Waals surface area contributed by atoms with Crippen LogP contribution in [0, 0.1) is 0 Å². The van der Waals surface area contributed by atoms with Gasteiger partial charge in [-0.25, -0.2) is 0 Å². The Morgan fingerprint density at radius 1 is 1.50 bits per heavy atom. The summed E-state index contributed by atoms with van der Waals surface area (Å²) in [5.41, 5.74) is 4.79. The minimum atomic E-state index is -1.36. The van der Waals surface area contributed by atoms with Gasteiger partial charge in [0.25, 0.3) is 5.56 Å². The quantitative estimate of drug-likeness (QED) is 0.400. The predicted molar refractivity (Wildman–Crippen MR) is 49.5 cm³/mol. The van der Waals surface area contributed by atoms with E-state index in [0.717, 1.165) is 0 Å². The van der Waals surface area contributed by atoms with Gasteiger partial charge in [0.1, 0.15) is 17.9 Å². The van der Waals surface area contributed by atoms with E-state index in [9.17, 15) is 9.90 Å². The Labute approximate surface area is 79.6 Å². The molecule has 0 saturated carbocycles. The Hall–Kier alpha value is -1.37. The first-order chi connectivity index (χ1) is 6.57. The van der Waals surface area contributed by atoms with Gasteiger partial charge in [-0.15, -0.1) is 0 Å². The van der Waals surface area contributed by atoms with E-state index in [-0.39, 0.29) is 11.3 Å². The zero-order chi connectivity index (χ0) is 10.7. The molecule has 0 radical (unpaired) electrons. The van der Waals surface area contributed by atoms with Crippen molar-refractivity contribution in [3.8, 4) is 0 Å². The second-order valence-corrected chi connectivity index (χ2v) is 2.87. The normalized spacial score (nSPS) is 15.1. The van der Waals surface area contributed by atoms with Gasteiger partial charge in [0.15, 0.2) is 0 Å². The molecule has 0 amide bonds. The van der Waals surface area contributed by atoms with Crippen molar-refractivity contribution in [2.24, 2.45) is 0 Å². The van der Waals surface area contributed by atoms with E-state index in [4.69, 9.17) is 15.9 Å². The van der Waals surface area contributed by atoms with E-state index in [1.54, 1.807) is 0 Å². The number of hydrogen-bond donors (Lipinski definition) is 5. The third-order valence-electron chi connectivity index (χ3n) is 1.90. The maximum absolute atomic E-state index is 11.0. The minimum Gasteiger partial charge on any atom is -0.394 e. The Morgan fingerprint density at radius 2 is 2.14 bits per heavy atom. The molecule has 0 aliphatic rings. The molecule has 78 valence electrons. The van der Waals surface area contributed by atoms with Crippen LogP contribution in [0.15, 0.2) is 17.1 Å². The van der Waals surface area contributed by atoms with Crippen molar-refractivity contribution < 1.29 is 15.3 Å². The molecule has 0 unspecified atom stereocenters. The average Bonchev–Trinajstić information content (AvgIpc) is 2.20. The van der Waals surface area contributed by atoms with Gasteiger partial charge >= 0.3 is 0 Å². The van der Waals surface area contributed by atoms with Gasteiger partial charge < -0.3 is 26.0 Å². The van der Waals surface area contributed by atoms with Crippen LogP contribution in [0.1, 0.15) is 11.7 Å². The lowest BCUT2D eigenvalue weighted by molar-refractivity contribution is -0.0149. The molecule has 1 aromatic rings. The van der Waals surface area contributed by atoms with Crippen LogP contribution in [-0.4, -0.2) is 33.0 Å². The van der Waals surface area contributed by atoms with Crippen molar-refractivity contribution >= 4 is 5.69 Å². The number of nitrogen functional groups attached to an aromatic ring is 1. The SMILES string of the molecule is Nc1c([C@@H](O)[C@H](O)CO)cc[nH]c1=O. The Kier molecular flexibility index (Phi) is 3.23. The summed E-state index contributed by atoms with van der Waals surface area (Å²) in [5.74, 6) is 0. The van der Waals surface area contributed by atoms with Gasteiger partial charge in [-0.2, -0.15) is 0 Å². The summed E-state index contributed by atoms with van der Waals surface area (Å²) in [5, 5.41) is 27.2. The number of rotatable bonds is 3. The van der Waals surface area contributed by atoms with Gasteiger partial charge in [0.05, 0.1) is 6.61 Å². The number of aromatic nitrogens is 1. The number of nitrogens with one attached hydrogen (secondary N) is 1. The molecule has 6 heteroatoms. The Bertz CT molecular complexity index is 363. The lowest BCUT2D eigenvalue weighted by atomic mass is 10.0. The molecule has 1 heterocycles. The first kappa shape index (κ1) is 10.7. The van der Waals surface area contributed by atoms with Crippen molar-refractivity contribution in [2.75, 3.05) is 12.3 Å². The molecule has 0 saturated heterocycles. The van der Waals surface area contributed by atoms with Crippen LogP contribution in [0.2, 0.25) is 0 Å². The lowest BCUT2D eigenvalue weighted by Gasteiger charge is -2.16. The molecule has 14 heavy (non-hydrogen) atoms. The summed E-state index contributed by atoms with van der Waals surface area (Å²) in [6, 6.07) is 1.38. The van der Waals surface area contributed by atoms with Crippen LogP contribution < -0.4 is 11.3 Å². The highest BCUT2D eigenvalue weighted by atomic mass is 16.4. The Morgan fingerprint density at radius 3 is 2.71 bits per heavy atom. The number of H-pyrrole nitrogens is 1. The van der Waals surface area contributed by atoms with Crippen molar-refractivity contribution in [3.05, 3.63) is 28.2 Å². The Balaban J connectivity index is 3.07. The number of pyridine rings is 1. The average molecular weight is 200 g/mol. The van der Waals surface area contributed by atoms with Gasteiger partial charge in [-0.3, -0.25) is 4.79 Å². The lowest BCUT2D eigenvalue weighted by Crippen LogP contribution is -2.25. The van der Waals surface area contributed by atoms with Gasteiger partial charge in [0.2, 0.25) is 0 Å². The van der Waals surface area contributed by atoms with Crippen LogP contribution in [0.3, 0.4) is 0 Å². The molecule has 0 fully saturated rings. The molecule has 2 atom stereocenters. The minimum absolute atomic E-state index is 0.107. The first-order valence-corrected chi connectivity index (χ1v) is 4.02. The predicted octanol–water partition coefficient (Wildman–Crippen LogP) is -1.66. The molecular formula is C8H12N2O4. The van der Waals surface area contributed by atoms with E-state index >= 15 is 0 Å². The summed E-state index contributed by atoms with van der Waals surface area (Å²) in [4.78, 5) is 13.3. The van der Waals surface area contributed by atoms with Gasteiger partial charge in [0, 0.05) is 11.8 Å². The van der Waals surface area contributed by atoms with Crippen LogP contribution in [0.4, 0.5) is 5.69 Å². The van der Waals surface area contributed by atoms with E-state index in [1.165, 1.54) is 12.3 Å². The molecule has 6 nitrogen and oxygen atoms in total. The van der Waals surface area contributed by atoms with Crippen molar-refractivity contribution in [3.63, 3.8) is 0 Å². The van der Waals surface area contributed by atoms with E-state index in [2.05, 4.69) is 4.98 Å². The van der Waals surface area contributed by atoms with Crippen LogP contribution >= 0.6 is 0 Å². The number of aliphatic hydroxyl groups is 3. The molecule has 0 bridgehead atoms. The second kappa shape index (κ2) is 4.23. The largest absolute Gasteiger partial charge is 0.394 e. The molecular weight excluding hydrogens is 188 g/mol. The maximum atomic E-state index is 11.0. The van der Waals surface area contributed by atoms with Crippen LogP contribution in [-0.2, 0) is 0 Å². The van der Waals surface area contributed by atoms with E-state index in [1.807, 2.05) is 0 Å². The van der Waals surface area contributed by atoms with Crippen LogP contribution in [0.5, 0.6) is 0 Å². The van der Waals surface area contributed by atoms with E-state index in [0.29, 0.717) is 0 Å². The number of hydrogen-bond acceptors (Lipinski definition) is 5. The number of anilines is 1. The fourth-order valence-corrected chi connectivity index (χ4v) is 1.07. The summed E-state index contributed by atoms with van der Waals surface area (Å²) in [6.45, 7) is -0.604. The third-order valence-corrected chi connectivity index (χ3v) is 1.90. The number of aromatic amines is 1. The zero-order valence-corrected chi connectivity index (χ0v) is 7.34. The monoisotopic (exact) mass is 200 g/mol. The summed E-state index contributed by atoms with van der Waals surface area (Å²) >= 11 is 0. The second-order valence-electron chi connectivity index (χ2n) is 2.87. The van der Waals surface area contributed by atoms with Crippen molar-refractivity contribution in [1.29, 1.82) is 0 Å². The highest BCUT2D eigenvalue weighted by Crippen LogP contribution is 2.19. The highest BCUT2D eigenvalue weighted by molar-refractivity contribution is 5.45. The molecule has 0 spiro atoms. The van der Waals surface area contributed by atoms with Crippen molar-refractivity contribution in [1.82, 2.24) is 4.98 Å². The topological polar surface area (TPSA) is 120 Å². The molecule has 1 aromatic heterocycles. The summed E-state index contributed by atoms with van der Waals surface area (Å²) < 4.78 is 0. The first-order valence-electron chi connectivity index (χ1n) is 4.02. The van der Waals surface area contributed by atoms with Crippen molar-refractivity contribution in [2.45, 2.75) is 12.2 Å². The number of nitrogens with two attached hydrogens (primary N) is 1. The zero-order valence-electron chi connectivity index (χ0n) is 7.34. The third kappa shape index (κ3) is 1.92. The molecule has 1 rings (SSSR count). The molecule has 0 aliphatic heterocycles. The van der Waals surface area contributed by atoms with Gasteiger partial charge in [-0.1, -0.05) is 0 Å². The molecule has 0 aromatic carbocycles. The van der Waals surface area contributed by atoms with Gasteiger partial charge in [-0.05, 0) is 6.07 Å².